The van der Waals surface area contributed by atoms with Crippen LogP contribution < -0.4 is 15.5 Å². The van der Waals surface area contributed by atoms with Crippen LogP contribution in [0.15, 0.2) is 42.9 Å². The summed E-state index contributed by atoms with van der Waals surface area (Å²) in [5.41, 5.74) is 2.03. The summed E-state index contributed by atoms with van der Waals surface area (Å²) in [4.78, 5) is 15.1. The minimum Gasteiger partial charge on any atom is -0.357 e. The SMILES string of the molecule is CCN(CC)c1cc(Nc2cc(Nc3c(Cl)cccc3C#N)c(C=N)cn2)ncn1. The topological polar surface area (TPSA) is 114 Å². The lowest BCUT2D eigenvalue weighted by Gasteiger charge is -2.20. The van der Waals surface area contributed by atoms with Gasteiger partial charge in [0.05, 0.1) is 22.0 Å². The zero-order valence-electron chi connectivity index (χ0n) is 16.6. The van der Waals surface area contributed by atoms with Crippen molar-refractivity contribution in [3.05, 3.63) is 59.0 Å². The second-order valence-electron chi connectivity index (χ2n) is 6.26. The van der Waals surface area contributed by atoms with Gasteiger partial charge in [0.25, 0.3) is 0 Å². The third-order valence-corrected chi connectivity index (χ3v) is 4.80. The number of pyridine rings is 1. The Labute approximate surface area is 180 Å². The second-order valence-corrected chi connectivity index (χ2v) is 6.67. The molecule has 0 aliphatic rings. The number of hydrogen-bond acceptors (Lipinski definition) is 8. The van der Waals surface area contributed by atoms with Crippen molar-refractivity contribution in [1.29, 1.82) is 10.7 Å². The molecule has 2 heterocycles. The van der Waals surface area contributed by atoms with Gasteiger partial charge in [-0.25, -0.2) is 15.0 Å². The fraction of sp³-hybridized carbons (Fsp3) is 0.190. The number of nitriles is 1. The van der Waals surface area contributed by atoms with Crippen LogP contribution in [0.25, 0.3) is 0 Å². The largest absolute Gasteiger partial charge is 0.357 e. The van der Waals surface area contributed by atoms with E-state index in [1.165, 1.54) is 12.5 Å². The van der Waals surface area contributed by atoms with E-state index in [0.29, 0.717) is 39.2 Å². The van der Waals surface area contributed by atoms with E-state index in [4.69, 9.17) is 17.0 Å². The molecule has 0 saturated carbocycles. The Morgan fingerprint density at radius 2 is 1.90 bits per heavy atom. The van der Waals surface area contributed by atoms with E-state index < -0.39 is 0 Å². The lowest BCUT2D eigenvalue weighted by molar-refractivity contribution is 0.842. The van der Waals surface area contributed by atoms with Crippen molar-refractivity contribution in [1.82, 2.24) is 15.0 Å². The van der Waals surface area contributed by atoms with Crippen molar-refractivity contribution in [3.63, 3.8) is 0 Å². The maximum Gasteiger partial charge on any atom is 0.137 e. The molecule has 3 aromatic rings. The van der Waals surface area contributed by atoms with Crippen molar-refractivity contribution >= 4 is 46.6 Å². The fourth-order valence-electron chi connectivity index (χ4n) is 2.90. The van der Waals surface area contributed by atoms with Gasteiger partial charge in [-0.15, -0.1) is 0 Å². The van der Waals surface area contributed by atoms with Crippen LogP contribution in [0.2, 0.25) is 5.02 Å². The quantitative estimate of drug-likeness (QED) is 0.451. The van der Waals surface area contributed by atoms with E-state index in [1.54, 1.807) is 30.5 Å². The van der Waals surface area contributed by atoms with Crippen molar-refractivity contribution in [2.24, 2.45) is 0 Å². The maximum absolute atomic E-state index is 9.37. The third-order valence-electron chi connectivity index (χ3n) is 4.48. The normalized spacial score (nSPS) is 10.2. The molecule has 8 nitrogen and oxygen atoms in total. The average Bonchev–Trinajstić information content (AvgIpc) is 2.76. The number of nitrogens with zero attached hydrogens (tertiary/aromatic N) is 5. The molecule has 0 saturated heterocycles. The van der Waals surface area contributed by atoms with Crippen LogP contribution in [0, 0.1) is 16.7 Å². The van der Waals surface area contributed by atoms with Gasteiger partial charge in [0.15, 0.2) is 0 Å². The van der Waals surface area contributed by atoms with Crippen LogP contribution in [0.3, 0.4) is 0 Å². The molecular weight excluding hydrogens is 400 g/mol. The molecule has 0 radical (unpaired) electrons. The van der Waals surface area contributed by atoms with Gasteiger partial charge < -0.3 is 20.9 Å². The first-order valence-electron chi connectivity index (χ1n) is 9.39. The first kappa shape index (κ1) is 21.0. The molecule has 0 bridgehead atoms. The summed E-state index contributed by atoms with van der Waals surface area (Å²) in [6.07, 6.45) is 4.25. The van der Waals surface area contributed by atoms with E-state index in [0.717, 1.165) is 18.9 Å². The molecule has 9 heteroatoms. The fourth-order valence-corrected chi connectivity index (χ4v) is 3.13. The summed E-state index contributed by atoms with van der Waals surface area (Å²) in [5, 5.41) is 23.8. The predicted molar refractivity (Wildman–Crippen MR) is 120 cm³/mol. The molecule has 0 fully saturated rings. The zero-order valence-corrected chi connectivity index (χ0v) is 17.4. The van der Waals surface area contributed by atoms with Gasteiger partial charge in [-0.2, -0.15) is 5.26 Å². The summed E-state index contributed by atoms with van der Waals surface area (Å²) in [6.45, 7) is 5.82. The van der Waals surface area contributed by atoms with Crippen molar-refractivity contribution in [3.8, 4) is 6.07 Å². The van der Waals surface area contributed by atoms with Crippen LogP contribution in [0.1, 0.15) is 25.0 Å². The van der Waals surface area contributed by atoms with Crippen molar-refractivity contribution in [2.75, 3.05) is 28.6 Å². The number of rotatable bonds is 8. The molecule has 0 amide bonds. The van der Waals surface area contributed by atoms with Gasteiger partial charge in [0.1, 0.15) is 29.9 Å². The molecule has 0 unspecified atom stereocenters. The zero-order chi connectivity index (χ0) is 21.5. The van der Waals surface area contributed by atoms with Gasteiger partial charge >= 0.3 is 0 Å². The smallest absolute Gasteiger partial charge is 0.137 e. The summed E-state index contributed by atoms with van der Waals surface area (Å²) in [5.74, 6) is 1.95. The number of hydrogen-bond donors (Lipinski definition) is 3. The van der Waals surface area contributed by atoms with E-state index in [1.807, 2.05) is 6.07 Å². The number of benzene rings is 1. The van der Waals surface area contributed by atoms with Crippen molar-refractivity contribution < 1.29 is 0 Å². The van der Waals surface area contributed by atoms with Crippen molar-refractivity contribution in [2.45, 2.75) is 13.8 Å². The lowest BCUT2D eigenvalue weighted by atomic mass is 10.1. The van der Waals surface area contributed by atoms with Crippen LogP contribution in [0.4, 0.5) is 28.8 Å². The van der Waals surface area contributed by atoms with Gasteiger partial charge in [-0.3, -0.25) is 0 Å². The first-order chi connectivity index (χ1) is 14.6. The Kier molecular flexibility index (Phi) is 6.78. The minimum atomic E-state index is 0.407. The first-order valence-corrected chi connectivity index (χ1v) is 9.77. The van der Waals surface area contributed by atoms with E-state index >= 15 is 0 Å². The highest BCUT2D eigenvalue weighted by atomic mass is 35.5. The molecule has 30 heavy (non-hydrogen) atoms. The number of nitrogens with one attached hydrogen (secondary N) is 3. The predicted octanol–water partition coefficient (Wildman–Crippen LogP) is 4.73. The molecule has 3 rings (SSSR count). The number of anilines is 5. The molecule has 0 spiro atoms. The van der Waals surface area contributed by atoms with Gasteiger partial charge in [0.2, 0.25) is 0 Å². The standard InChI is InChI=1S/C21H21ClN8/c1-3-30(4-2)20-9-19(26-13-27-20)29-18-8-17(15(11-24)12-25-18)28-21-14(10-23)6-5-7-16(21)22/h5-9,11-13,24H,3-4H2,1-2H3,(H2,25,26,27,28,29). The summed E-state index contributed by atoms with van der Waals surface area (Å²) in [7, 11) is 0. The summed E-state index contributed by atoms with van der Waals surface area (Å²) in [6, 6.07) is 10.8. The molecule has 0 atom stereocenters. The Hall–Kier alpha value is -3.70. The summed E-state index contributed by atoms with van der Waals surface area (Å²) < 4.78 is 0. The molecule has 152 valence electrons. The van der Waals surface area contributed by atoms with Gasteiger partial charge in [0, 0.05) is 43.2 Å². The van der Waals surface area contributed by atoms with Crippen LogP contribution in [-0.4, -0.2) is 34.3 Å². The second kappa shape index (κ2) is 9.67. The van der Waals surface area contributed by atoms with Crippen LogP contribution in [-0.2, 0) is 0 Å². The Bertz CT molecular complexity index is 1090. The average molecular weight is 421 g/mol. The Morgan fingerprint density at radius 3 is 2.60 bits per heavy atom. The minimum absolute atomic E-state index is 0.407. The Balaban J connectivity index is 1.92. The number of halogens is 1. The van der Waals surface area contributed by atoms with E-state index in [2.05, 4.69) is 50.4 Å². The van der Waals surface area contributed by atoms with E-state index in [-0.39, 0.29) is 0 Å². The molecule has 0 aliphatic carbocycles. The molecule has 3 N–H and O–H groups in total. The number of aromatic nitrogens is 3. The van der Waals surface area contributed by atoms with E-state index in [9.17, 15) is 5.26 Å². The highest BCUT2D eigenvalue weighted by Crippen LogP contribution is 2.31. The molecule has 0 aliphatic heterocycles. The third kappa shape index (κ3) is 4.64. The molecule has 1 aromatic carbocycles. The molecule has 2 aromatic heterocycles. The highest BCUT2D eigenvalue weighted by molar-refractivity contribution is 6.33. The monoisotopic (exact) mass is 420 g/mol. The lowest BCUT2D eigenvalue weighted by Crippen LogP contribution is -2.23. The maximum atomic E-state index is 9.37. The van der Waals surface area contributed by atoms with Crippen LogP contribution >= 0.6 is 11.6 Å². The number of para-hydroxylation sites is 1. The van der Waals surface area contributed by atoms with Crippen LogP contribution in [0.5, 0.6) is 0 Å². The Morgan fingerprint density at radius 1 is 1.13 bits per heavy atom. The molecular formula is C21H21ClN8. The van der Waals surface area contributed by atoms with Gasteiger partial charge in [-0.1, -0.05) is 17.7 Å². The van der Waals surface area contributed by atoms with Gasteiger partial charge in [-0.05, 0) is 26.0 Å². The summed E-state index contributed by atoms with van der Waals surface area (Å²) >= 11 is 6.27. The highest BCUT2D eigenvalue weighted by Gasteiger charge is 2.11.